The van der Waals surface area contributed by atoms with Crippen molar-refractivity contribution in [2.75, 3.05) is 24.7 Å². The number of anilines is 1. The maximum atomic E-state index is 12.6. The van der Waals surface area contributed by atoms with Crippen molar-refractivity contribution in [3.05, 3.63) is 53.6 Å². The lowest BCUT2D eigenvalue weighted by Crippen LogP contribution is -2.47. The molecule has 2 heterocycles. The van der Waals surface area contributed by atoms with Gasteiger partial charge >= 0.3 is 0 Å². The fraction of sp³-hybridized carbons (Fsp3) is 0.435. The van der Waals surface area contributed by atoms with E-state index in [2.05, 4.69) is 10.0 Å². The number of nitrogens with one attached hydrogen (secondary N) is 2. The van der Waals surface area contributed by atoms with Crippen LogP contribution in [0.3, 0.4) is 0 Å². The highest BCUT2D eigenvalue weighted by atomic mass is 32.2. The molecule has 178 valence electrons. The van der Waals surface area contributed by atoms with Crippen LogP contribution < -0.4 is 19.5 Å². The lowest BCUT2D eigenvalue weighted by Gasteiger charge is -2.37. The Labute approximate surface area is 193 Å². The second-order valence-corrected chi connectivity index (χ2v) is 10.1. The van der Waals surface area contributed by atoms with E-state index in [9.17, 15) is 18.3 Å². The van der Waals surface area contributed by atoms with E-state index in [0.29, 0.717) is 30.2 Å². The Kier molecular flexibility index (Phi) is 6.78. The third-order valence-corrected chi connectivity index (χ3v) is 6.49. The Morgan fingerprint density at radius 1 is 1.24 bits per heavy atom. The predicted octanol–water partition coefficient (Wildman–Crippen LogP) is 1.77. The first-order valence-corrected chi connectivity index (χ1v) is 12.6. The summed E-state index contributed by atoms with van der Waals surface area (Å²) in [6.45, 7) is 0.0838. The van der Waals surface area contributed by atoms with E-state index in [0.717, 1.165) is 17.4 Å². The van der Waals surface area contributed by atoms with Crippen LogP contribution in [0, 0.1) is 0 Å². The number of aliphatic hydroxyl groups is 1. The number of methoxy groups -OCH3 is 1. The molecule has 0 aromatic heterocycles. The van der Waals surface area contributed by atoms with E-state index in [1.54, 1.807) is 25.3 Å². The van der Waals surface area contributed by atoms with Crippen LogP contribution in [0.1, 0.15) is 29.9 Å². The number of hydrogen-bond donors (Lipinski definition) is 3. The molecule has 2 aliphatic heterocycles. The van der Waals surface area contributed by atoms with Gasteiger partial charge in [0.1, 0.15) is 23.7 Å². The molecule has 3 N–H and O–H groups in total. The van der Waals surface area contributed by atoms with Crippen LogP contribution in [0.2, 0.25) is 0 Å². The minimum Gasteiger partial charge on any atom is -0.496 e. The van der Waals surface area contributed by atoms with E-state index in [1.807, 2.05) is 24.3 Å². The van der Waals surface area contributed by atoms with Crippen LogP contribution >= 0.6 is 0 Å². The van der Waals surface area contributed by atoms with Crippen LogP contribution in [0.15, 0.2) is 42.5 Å². The van der Waals surface area contributed by atoms with Crippen LogP contribution in [0.5, 0.6) is 11.5 Å². The Morgan fingerprint density at radius 3 is 2.76 bits per heavy atom. The second kappa shape index (κ2) is 9.58. The minimum atomic E-state index is -3.42. The fourth-order valence-corrected chi connectivity index (χ4v) is 5.04. The number of carbonyl (C=O) groups excluding carboxylic acids is 1. The van der Waals surface area contributed by atoms with Gasteiger partial charge in [-0.05, 0) is 30.7 Å². The van der Waals surface area contributed by atoms with Crippen LogP contribution in [0.4, 0.5) is 5.69 Å². The van der Waals surface area contributed by atoms with Gasteiger partial charge in [0.2, 0.25) is 15.9 Å². The van der Waals surface area contributed by atoms with E-state index in [-0.39, 0.29) is 24.9 Å². The normalized spacial score (nSPS) is 23.7. The first-order chi connectivity index (χ1) is 15.8. The molecule has 0 radical (unpaired) electrons. The molecule has 9 nitrogen and oxygen atoms in total. The van der Waals surface area contributed by atoms with Crippen molar-refractivity contribution in [2.45, 2.75) is 43.6 Å². The van der Waals surface area contributed by atoms with Crippen molar-refractivity contribution in [2.24, 2.45) is 0 Å². The topological polar surface area (TPSA) is 123 Å². The smallest absolute Gasteiger partial charge is 0.229 e. The molecule has 1 amide bonds. The standard InChI is InChI=1S/C23H28N2O7S/c1-30-19-6-4-3-5-14(19)12-24-22(27)11-16-10-18-17-9-15(25-33(2,28)29)7-8-20(17)32-23(18)21(13-26)31-16/h3-9,16,18,21,23,25-26H,10-13H2,1-2H3,(H,24,27)/t16-,18+,21-,23-/m1/s1. The summed E-state index contributed by atoms with van der Waals surface area (Å²) >= 11 is 0. The van der Waals surface area contributed by atoms with Crippen LogP contribution in [0.25, 0.3) is 0 Å². The lowest BCUT2D eigenvalue weighted by molar-refractivity contribution is -0.142. The molecule has 0 saturated carbocycles. The fourth-order valence-electron chi connectivity index (χ4n) is 4.49. The maximum Gasteiger partial charge on any atom is 0.229 e. The Hall–Kier alpha value is -2.82. The number of fused-ring (bicyclic) bond motifs is 3. The molecule has 1 saturated heterocycles. The van der Waals surface area contributed by atoms with Gasteiger partial charge in [-0.3, -0.25) is 9.52 Å². The van der Waals surface area contributed by atoms with Crippen molar-refractivity contribution < 1.29 is 32.5 Å². The molecular formula is C23H28N2O7S. The highest BCUT2D eigenvalue weighted by Gasteiger charge is 2.46. The largest absolute Gasteiger partial charge is 0.496 e. The van der Waals surface area contributed by atoms with Gasteiger partial charge in [-0.25, -0.2) is 8.42 Å². The van der Waals surface area contributed by atoms with E-state index >= 15 is 0 Å². The molecule has 33 heavy (non-hydrogen) atoms. The first-order valence-electron chi connectivity index (χ1n) is 10.7. The quantitative estimate of drug-likeness (QED) is 0.531. The molecule has 0 unspecified atom stereocenters. The van der Waals surface area contributed by atoms with Crippen molar-refractivity contribution in [3.63, 3.8) is 0 Å². The summed E-state index contributed by atoms with van der Waals surface area (Å²) in [5.41, 5.74) is 2.16. The van der Waals surface area contributed by atoms with E-state index in [1.165, 1.54) is 0 Å². The summed E-state index contributed by atoms with van der Waals surface area (Å²) in [5, 5.41) is 12.8. The van der Waals surface area contributed by atoms with Crippen molar-refractivity contribution in [1.29, 1.82) is 0 Å². The molecule has 0 aliphatic carbocycles. The molecule has 0 bridgehead atoms. The van der Waals surface area contributed by atoms with Crippen molar-refractivity contribution in [3.8, 4) is 11.5 Å². The number of amides is 1. The van der Waals surface area contributed by atoms with Gasteiger partial charge in [-0.15, -0.1) is 0 Å². The third-order valence-electron chi connectivity index (χ3n) is 5.88. The Bertz CT molecular complexity index is 1120. The number of sulfonamides is 1. The average molecular weight is 477 g/mol. The Balaban J connectivity index is 1.44. The highest BCUT2D eigenvalue weighted by Crippen LogP contribution is 2.47. The molecule has 2 aromatic carbocycles. The van der Waals surface area contributed by atoms with E-state index in [4.69, 9.17) is 14.2 Å². The number of hydrogen-bond acceptors (Lipinski definition) is 7. The summed E-state index contributed by atoms with van der Waals surface area (Å²) in [6.07, 6.45) is 0.336. The zero-order chi connectivity index (χ0) is 23.6. The summed E-state index contributed by atoms with van der Waals surface area (Å²) in [6, 6.07) is 12.6. The summed E-state index contributed by atoms with van der Waals surface area (Å²) in [7, 11) is -1.83. The average Bonchev–Trinajstić information content (AvgIpc) is 3.14. The molecule has 1 fully saturated rings. The molecule has 4 atom stereocenters. The molecule has 0 spiro atoms. The van der Waals surface area contributed by atoms with Gasteiger partial charge in [0.25, 0.3) is 0 Å². The zero-order valence-electron chi connectivity index (χ0n) is 18.5. The van der Waals surface area contributed by atoms with Gasteiger partial charge in [-0.2, -0.15) is 0 Å². The highest BCUT2D eigenvalue weighted by molar-refractivity contribution is 7.92. The van der Waals surface area contributed by atoms with Crippen LogP contribution in [-0.2, 0) is 26.1 Å². The van der Waals surface area contributed by atoms with Gasteiger partial charge in [0, 0.05) is 29.3 Å². The van der Waals surface area contributed by atoms with Gasteiger partial charge in [-0.1, -0.05) is 18.2 Å². The van der Waals surface area contributed by atoms with Gasteiger partial charge in [0.05, 0.1) is 32.5 Å². The molecular weight excluding hydrogens is 448 g/mol. The number of rotatable bonds is 8. The SMILES string of the molecule is COc1ccccc1CNC(=O)C[C@H]1C[C@H]2c3cc(NS(C)(=O)=O)ccc3O[C@H]2[C@@H](CO)O1. The monoisotopic (exact) mass is 476 g/mol. The Morgan fingerprint density at radius 2 is 2.03 bits per heavy atom. The molecule has 2 aliphatic rings. The predicted molar refractivity (Wildman–Crippen MR) is 122 cm³/mol. The van der Waals surface area contributed by atoms with Crippen molar-refractivity contribution >= 4 is 21.6 Å². The number of ether oxygens (including phenoxy) is 3. The molecule has 2 aromatic rings. The third kappa shape index (κ3) is 5.40. The molecule has 4 rings (SSSR count). The summed E-state index contributed by atoms with van der Waals surface area (Å²) in [5.74, 6) is 1.03. The molecule has 10 heteroatoms. The number of carbonyl (C=O) groups is 1. The minimum absolute atomic E-state index is 0.126. The first kappa shape index (κ1) is 23.3. The van der Waals surface area contributed by atoms with E-state index < -0.39 is 28.3 Å². The zero-order valence-corrected chi connectivity index (χ0v) is 19.3. The summed E-state index contributed by atoms with van der Waals surface area (Å²) < 4.78 is 43.0. The van der Waals surface area contributed by atoms with Gasteiger partial charge < -0.3 is 24.6 Å². The summed E-state index contributed by atoms with van der Waals surface area (Å²) in [4.78, 5) is 12.6. The lowest BCUT2D eigenvalue weighted by atomic mass is 9.84. The van der Waals surface area contributed by atoms with Crippen molar-refractivity contribution in [1.82, 2.24) is 5.32 Å². The number of aliphatic hydroxyl groups excluding tert-OH is 1. The van der Waals surface area contributed by atoms with Gasteiger partial charge in [0.15, 0.2) is 0 Å². The number of para-hydroxylation sites is 1. The van der Waals surface area contributed by atoms with Crippen LogP contribution in [-0.4, -0.2) is 57.7 Å². The number of benzene rings is 2. The second-order valence-electron chi connectivity index (χ2n) is 8.32. The maximum absolute atomic E-state index is 12.6.